The number of hydrogen-bond acceptors (Lipinski definition) is 4. The maximum Gasteiger partial charge on any atom is 0.251 e. The van der Waals surface area contributed by atoms with Crippen LogP contribution in [0.25, 0.3) is 0 Å². The molecule has 1 aromatic carbocycles. The highest BCUT2D eigenvalue weighted by Gasteiger charge is 2.16. The Morgan fingerprint density at radius 2 is 2.05 bits per heavy atom. The predicted molar refractivity (Wildman–Crippen MR) is 84.8 cm³/mol. The highest BCUT2D eigenvalue weighted by atomic mass is 35.5. The van der Waals surface area contributed by atoms with Gasteiger partial charge in [-0.05, 0) is 42.1 Å². The number of carbonyl (C=O) groups excluding carboxylic acids is 1. The van der Waals surface area contributed by atoms with Crippen LogP contribution in [0.3, 0.4) is 0 Å². The van der Waals surface area contributed by atoms with Crippen LogP contribution < -0.4 is 5.32 Å². The van der Waals surface area contributed by atoms with E-state index in [-0.39, 0.29) is 21.4 Å². The van der Waals surface area contributed by atoms with Gasteiger partial charge >= 0.3 is 0 Å². The molecule has 0 radical (unpaired) electrons. The van der Waals surface area contributed by atoms with Crippen LogP contribution in [0.5, 0.6) is 0 Å². The van der Waals surface area contributed by atoms with Crippen molar-refractivity contribution in [2.45, 2.75) is 18.4 Å². The zero-order valence-corrected chi connectivity index (χ0v) is 13.9. The zero-order valence-electron chi connectivity index (χ0n) is 11.5. The molecule has 0 saturated heterocycles. The van der Waals surface area contributed by atoms with E-state index in [0.717, 1.165) is 16.7 Å². The van der Waals surface area contributed by atoms with Gasteiger partial charge in [0.2, 0.25) is 0 Å². The van der Waals surface area contributed by atoms with Crippen LogP contribution in [-0.4, -0.2) is 20.6 Å². The van der Waals surface area contributed by atoms with Gasteiger partial charge in [0.1, 0.15) is 0 Å². The topological polar surface area (TPSA) is 63.2 Å². The first-order valence-corrected chi connectivity index (χ1v) is 9.24. The van der Waals surface area contributed by atoms with Crippen molar-refractivity contribution in [2.75, 3.05) is 6.26 Å². The fourth-order valence-electron chi connectivity index (χ4n) is 1.78. The fraction of sp³-hybridized carbons (Fsp3) is 0.214. The molecule has 2 aromatic rings. The lowest BCUT2D eigenvalue weighted by molar-refractivity contribution is 0.0951. The minimum Gasteiger partial charge on any atom is -0.347 e. The molecule has 1 N–H and O–H groups in total. The van der Waals surface area contributed by atoms with Gasteiger partial charge in [-0.3, -0.25) is 4.79 Å². The summed E-state index contributed by atoms with van der Waals surface area (Å²) < 4.78 is 23.2. The van der Waals surface area contributed by atoms with E-state index in [1.54, 1.807) is 11.3 Å². The second kappa shape index (κ2) is 6.17. The lowest BCUT2D eigenvalue weighted by atomic mass is 10.2. The Balaban J connectivity index is 2.19. The maximum atomic E-state index is 12.1. The third-order valence-corrected chi connectivity index (χ3v) is 5.57. The van der Waals surface area contributed by atoms with Gasteiger partial charge in [-0.15, -0.1) is 11.3 Å². The Kier molecular flexibility index (Phi) is 4.70. The first-order valence-electron chi connectivity index (χ1n) is 6.10. The third-order valence-electron chi connectivity index (χ3n) is 2.97. The smallest absolute Gasteiger partial charge is 0.251 e. The average Bonchev–Trinajstić information content (AvgIpc) is 2.80. The van der Waals surface area contributed by atoms with Crippen molar-refractivity contribution in [2.24, 2.45) is 0 Å². The normalized spacial score (nSPS) is 11.4. The summed E-state index contributed by atoms with van der Waals surface area (Å²) in [5.74, 6) is -0.329. The largest absolute Gasteiger partial charge is 0.347 e. The molecule has 21 heavy (non-hydrogen) atoms. The van der Waals surface area contributed by atoms with E-state index in [1.807, 2.05) is 18.4 Å². The second-order valence-corrected chi connectivity index (χ2v) is 8.02. The zero-order chi connectivity index (χ0) is 15.6. The van der Waals surface area contributed by atoms with Gasteiger partial charge in [0, 0.05) is 16.7 Å². The molecule has 4 nitrogen and oxygen atoms in total. The summed E-state index contributed by atoms with van der Waals surface area (Å²) in [6, 6.07) is 6.21. The Morgan fingerprint density at radius 1 is 1.33 bits per heavy atom. The highest BCUT2D eigenvalue weighted by molar-refractivity contribution is 7.90. The summed E-state index contributed by atoms with van der Waals surface area (Å²) in [7, 11) is -3.46. The van der Waals surface area contributed by atoms with Gasteiger partial charge in [-0.25, -0.2) is 8.42 Å². The molecule has 0 unspecified atom stereocenters. The standard InChI is InChI=1S/C14H14ClNO3S2/c1-9-5-6-20-12(9)8-16-14(17)10-3-4-11(15)13(7-10)21(2,18)19/h3-7H,8H2,1-2H3,(H,16,17). The number of hydrogen-bond donors (Lipinski definition) is 1. The molecule has 7 heteroatoms. The molecular formula is C14H14ClNO3S2. The Bertz CT molecular complexity index is 781. The second-order valence-electron chi connectivity index (χ2n) is 4.63. The number of carbonyl (C=O) groups is 1. The van der Waals surface area contributed by atoms with E-state index >= 15 is 0 Å². The summed E-state index contributed by atoms with van der Waals surface area (Å²) in [4.78, 5) is 13.1. The van der Waals surface area contributed by atoms with E-state index < -0.39 is 9.84 Å². The number of nitrogens with one attached hydrogen (secondary N) is 1. The van der Waals surface area contributed by atoms with Crippen LogP contribution in [0, 0.1) is 6.92 Å². The van der Waals surface area contributed by atoms with Crippen molar-refractivity contribution >= 4 is 38.7 Å². The molecular weight excluding hydrogens is 330 g/mol. The van der Waals surface area contributed by atoms with Gasteiger partial charge in [0.15, 0.2) is 9.84 Å². The molecule has 1 aromatic heterocycles. The number of aryl methyl sites for hydroxylation is 1. The van der Waals surface area contributed by atoms with Crippen molar-refractivity contribution < 1.29 is 13.2 Å². The molecule has 0 aliphatic heterocycles. The lowest BCUT2D eigenvalue weighted by Crippen LogP contribution is -2.22. The van der Waals surface area contributed by atoms with Crippen molar-refractivity contribution in [1.29, 1.82) is 0 Å². The number of rotatable bonds is 4. The molecule has 2 rings (SSSR count). The minimum atomic E-state index is -3.46. The van der Waals surface area contributed by atoms with E-state index in [9.17, 15) is 13.2 Å². The molecule has 112 valence electrons. The van der Waals surface area contributed by atoms with E-state index in [0.29, 0.717) is 6.54 Å². The predicted octanol–water partition coefficient (Wildman–Crippen LogP) is 3.04. The molecule has 1 heterocycles. The van der Waals surface area contributed by atoms with Gasteiger partial charge < -0.3 is 5.32 Å². The van der Waals surface area contributed by atoms with Crippen LogP contribution in [0.4, 0.5) is 0 Å². The molecule has 0 bridgehead atoms. The third kappa shape index (κ3) is 3.84. The Morgan fingerprint density at radius 3 is 2.62 bits per heavy atom. The molecule has 0 spiro atoms. The van der Waals surface area contributed by atoms with Crippen molar-refractivity contribution in [3.05, 3.63) is 50.7 Å². The molecule has 0 fully saturated rings. The SMILES string of the molecule is Cc1ccsc1CNC(=O)c1ccc(Cl)c(S(C)(=O)=O)c1. The number of amides is 1. The molecule has 0 aliphatic rings. The Hall–Kier alpha value is -1.37. The van der Waals surface area contributed by atoms with Crippen molar-refractivity contribution in [3.8, 4) is 0 Å². The summed E-state index contributed by atoms with van der Waals surface area (Å²) in [5.41, 5.74) is 1.39. The number of sulfone groups is 1. The van der Waals surface area contributed by atoms with Crippen LogP contribution in [0.2, 0.25) is 5.02 Å². The van der Waals surface area contributed by atoms with Gasteiger partial charge in [0.25, 0.3) is 5.91 Å². The first kappa shape index (κ1) is 16.0. The Labute approximate surface area is 132 Å². The fourth-order valence-corrected chi connectivity index (χ4v) is 3.92. The van der Waals surface area contributed by atoms with Crippen molar-refractivity contribution in [1.82, 2.24) is 5.32 Å². The van der Waals surface area contributed by atoms with Crippen molar-refractivity contribution in [3.63, 3.8) is 0 Å². The number of halogens is 1. The molecule has 0 aliphatic carbocycles. The maximum absolute atomic E-state index is 12.1. The quantitative estimate of drug-likeness (QED) is 0.928. The monoisotopic (exact) mass is 343 g/mol. The summed E-state index contributed by atoms with van der Waals surface area (Å²) in [6.45, 7) is 2.39. The highest BCUT2D eigenvalue weighted by Crippen LogP contribution is 2.22. The van der Waals surface area contributed by atoms with Crippen LogP contribution in [0.15, 0.2) is 34.5 Å². The summed E-state index contributed by atoms with van der Waals surface area (Å²) >= 11 is 7.42. The lowest BCUT2D eigenvalue weighted by Gasteiger charge is -2.07. The van der Waals surface area contributed by atoms with Gasteiger partial charge in [-0.1, -0.05) is 11.6 Å². The molecule has 0 atom stereocenters. The van der Waals surface area contributed by atoms with Gasteiger partial charge in [0.05, 0.1) is 16.5 Å². The average molecular weight is 344 g/mol. The molecule has 0 saturated carbocycles. The van der Waals surface area contributed by atoms with Crippen LogP contribution >= 0.6 is 22.9 Å². The minimum absolute atomic E-state index is 0.0379. The number of benzene rings is 1. The number of thiophene rings is 1. The summed E-state index contributed by atoms with van der Waals surface area (Å²) in [5, 5.41) is 4.85. The van der Waals surface area contributed by atoms with E-state index in [4.69, 9.17) is 11.6 Å². The van der Waals surface area contributed by atoms with Crippen LogP contribution in [-0.2, 0) is 16.4 Å². The van der Waals surface area contributed by atoms with E-state index in [1.165, 1.54) is 18.2 Å². The first-order chi connectivity index (χ1) is 9.79. The molecule has 1 amide bonds. The van der Waals surface area contributed by atoms with Crippen LogP contribution in [0.1, 0.15) is 20.8 Å². The van der Waals surface area contributed by atoms with E-state index in [2.05, 4.69) is 5.32 Å². The summed E-state index contributed by atoms with van der Waals surface area (Å²) in [6.07, 6.45) is 1.06. The van der Waals surface area contributed by atoms with Gasteiger partial charge in [-0.2, -0.15) is 0 Å².